The highest BCUT2D eigenvalue weighted by atomic mass is 19.4. The lowest BCUT2D eigenvalue weighted by Gasteiger charge is -2.65. The molecule has 1 amide bonds. The number of piperidine rings is 1. The Morgan fingerprint density at radius 1 is 1.00 bits per heavy atom. The van der Waals surface area contributed by atoms with E-state index in [9.17, 15) is 27.6 Å². The number of hydrogen-bond donors (Lipinski definition) is 0. The summed E-state index contributed by atoms with van der Waals surface area (Å²) in [7, 11) is 0. The van der Waals surface area contributed by atoms with Gasteiger partial charge in [-0.15, -0.1) is 0 Å². The number of benzene rings is 3. The van der Waals surface area contributed by atoms with E-state index < -0.39 is 40.9 Å². The van der Waals surface area contributed by atoms with Crippen molar-refractivity contribution in [3.8, 4) is 11.5 Å². The number of alkyl halides is 3. The van der Waals surface area contributed by atoms with E-state index in [1.54, 1.807) is 6.07 Å². The zero-order chi connectivity index (χ0) is 37.7. The third kappa shape index (κ3) is 6.51. The maximum atomic E-state index is 14.3. The molecule has 0 radical (unpaired) electrons. The first-order valence-corrected chi connectivity index (χ1v) is 18.4. The molecule has 53 heavy (non-hydrogen) atoms. The Bertz CT molecular complexity index is 1910. The molecule has 3 aromatic carbocycles. The van der Waals surface area contributed by atoms with Crippen LogP contribution in [0, 0.1) is 5.92 Å². The standard InChI is InChI=1S/C42H45F3N2O6/c1-26(2)25-47(36(50)17-12-30-10-14-32(15-11-30)42(43,44)45)33-18-20-41(53-28(4)49)35-24-31-13-16-34(51-27(3)48)38-37(31)40(41,39(33)52-38)21-23-46(35)22-19-29-8-6-5-7-9-29/h5-17,26,33,35,39H,18-25H2,1-4H3/t33-,35+,39-,40-,41+/m0/s1. The fourth-order valence-electron chi connectivity index (χ4n) is 9.60. The molecule has 1 spiro atoms. The van der Waals surface area contributed by atoms with Crippen molar-refractivity contribution >= 4 is 23.9 Å². The van der Waals surface area contributed by atoms with E-state index in [1.807, 2.05) is 43.0 Å². The van der Waals surface area contributed by atoms with Crippen LogP contribution < -0.4 is 9.47 Å². The van der Waals surface area contributed by atoms with E-state index in [1.165, 1.54) is 43.7 Å². The van der Waals surface area contributed by atoms with E-state index >= 15 is 0 Å². The summed E-state index contributed by atoms with van der Waals surface area (Å²) in [5.41, 5.74) is 1.03. The molecule has 5 atom stereocenters. The van der Waals surface area contributed by atoms with Crippen LogP contribution in [0.15, 0.2) is 72.8 Å². The predicted molar refractivity (Wildman–Crippen MR) is 192 cm³/mol. The zero-order valence-corrected chi connectivity index (χ0v) is 30.4. The zero-order valence-electron chi connectivity index (χ0n) is 30.4. The molecule has 0 aromatic heterocycles. The van der Waals surface area contributed by atoms with Crippen LogP contribution in [0.4, 0.5) is 13.2 Å². The highest BCUT2D eigenvalue weighted by molar-refractivity contribution is 5.92. The van der Waals surface area contributed by atoms with Gasteiger partial charge in [0.2, 0.25) is 5.91 Å². The Kier molecular flexibility index (Phi) is 9.68. The maximum Gasteiger partial charge on any atom is 0.416 e. The van der Waals surface area contributed by atoms with E-state index in [-0.39, 0.29) is 23.8 Å². The van der Waals surface area contributed by atoms with Crippen LogP contribution in [0.25, 0.3) is 6.08 Å². The Morgan fingerprint density at radius 3 is 2.40 bits per heavy atom. The molecule has 280 valence electrons. The molecule has 4 aliphatic rings. The van der Waals surface area contributed by atoms with Crippen LogP contribution >= 0.6 is 0 Å². The average molecular weight is 731 g/mol. The fourth-order valence-corrected chi connectivity index (χ4v) is 9.60. The van der Waals surface area contributed by atoms with Crippen molar-refractivity contribution in [2.75, 3.05) is 19.6 Å². The molecule has 7 rings (SSSR count). The monoisotopic (exact) mass is 730 g/mol. The number of carbonyl (C=O) groups is 3. The van der Waals surface area contributed by atoms with Gasteiger partial charge >= 0.3 is 18.1 Å². The normalized spacial score (nSPS) is 25.8. The number of likely N-dealkylation sites (tertiary alicyclic amines) is 1. The second-order valence-corrected chi connectivity index (χ2v) is 15.2. The molecule has 8 nitrogen and oxygen atoms in total. The highest BCUT2D eigenvalue weighted by Gasteiger charge is 2.75. The smallest absolute Gasteiger partial charge is 0.416 e. The number of esters is 2. The summed E-state index contributed by atoms with van der Waals surface area (Å²) in [6, 6.07) is 18.1. The van der Waals surface area contributed by atoms with E-state index in [0.29, 0.717) is 55.8 Å². The molecule has 2 heterocycles. The lowest BCUT2D eigenvalue weighted by Crippen LogP contribution is -2.79. The van der Waals surface area contributed by atoms with Crippen LogP contribution in [0.1, 0.15) is 74.8 Å². The summed E-state index contributed by atoms with van der Waals surface area (Å²) in [6.45, 7) is 8.69. The number of halogens is 3. The van der Waals surface area contributed by atoms with Crippen LogP contribution in [-0.2, 0) is 43.6 Å². The Morgan fingerprint density at radius 2 is 1.74 bits per heavy atom. The predicted octanol–water partition coefficient (Wildman–Crippen LogP) is 7.16. The van der Waals surface area contributed by atoms with E-state index in [2.05, 4.69) is 17.0 Å². The Balaban J connectivity index is 1.30. The molecule has 2 fully saturated rings. The largest absolute Gasteiger partial charge is 0.483 e. The average Bonchev–Trinajstić information content (AvgIpc) is 3.46. The number of nitrogens with zero attached hydrogens (tertiary/aromatic N) is 2. The van der Waals surface area contributed by atoms with Gasteiger partial charge in [-0.3, -0.25) is 19.3 Å². The first-order chi connectivity index (χ1) is 25.2. The van der Waals surface area contributed by atoms with Gasteiger partial charge in [0.25, 0.3) is 0 Å². The number of hydrogen-bond acceptors (Lipinski definition) is 7. The summed E-state index contributed by atoms with van der Waals surface area (Å²) in [6.07, 6.45) is 0.813. The van der Waals surface area contributed by atoms with Gasteiger partial charge in [0, 0.05) is 38.6 Å². The van der Waals surface area contributed by atoms with Gasteiger partial charge in [0.15, 0.2) is 11.5 Å². The molecule has 1 saturated heterocycles. The van der Waals surface area contributed by atoms with Gasteiger partial charge in [-0.2, -0.15) is 13.2 Å². The molecule has 11 heteroatoms. The lowest BCUT2D eigenvalue weighted by atomic mass is 9.48. The van der Waals surface area contributed by atoms with Crippen molar-refractivity contribution in [3.05, 3.63) is 101 Å². The molecule has 3 aromatic rings. The van der Waals surface area contributed by atoms with Gasteiger partial charge in [-0.25, -0.2) is 0 Å². The van der Waals surface area contributed by atoms with Crippen molar-refractivity contribution in [1.82, 2.24) is 9.80 Å². The van der Waals surface area contributed by atoms with Crippen molar-refractivity contribution in [1.29, 1.82) is 0 Å². The summed E-state index contributed by atoms with van der Waals surface area (Å²) in [4.78, 5) is 44.0. The van der Waals surface area contributed by atoms with Gasteiger partial charge in [0.1, 0.15) is 11.7 Å². The van der Waals surface area contributed by atoms with Crippen molar-refractivity contribution in [3.63, 3.8) is 0 Å². The summed E-state index contributed by atoms with van der Waals surface area (Å²) >= 11 is 0. The number of rotatable bonds is 10. The van der Waals surface area contributed by atoms with Crippen molar-refractivity contribution in [2.45, 2.75) is 95.2 Å². The number of ether oxygens (including phenoxy) is 3. The summed E-state index contributed by atoms with van der Waals surface area (Å²) < 4.78 is 58.9. The molecule has 0 N–H and O–H groups in total. The minimum atomic E-state index is -4.46. The molecule has 0 unspecified atom stereocenters. The summed E-state index contributed by atoms with van der Waals surface area (Å²) in [5.74, 6) is -0.351. The van der Waals surface area contributed by atoms with Gasteiger partial charge < -0.3 is 19.1 Å². The van der Waals surface area contributed by atoms with Gasteiger partial charge in [0.05, 0.1) is 23.1 Å². The molecular weight excluding hydrogens is 685 g/mol. The van der Waals surface area contributed by atoms with Crippen LogP contribution in [0.3, 0.4) is 0 Å². The number of carbonyl (C=O) groups excluding carboxylic acids is 3. The van der Waals surface area contributed by atoms with E-state index in [4.69, 9.17) is 14.2 Å². The molecule has 2 aliphatic heterocycles. The first-order valence-electron chi connectivity index (χ1n) is 18.4. The van der Waals surface area contributed by atoms with E-state index in [0.717, 1.165) is 36.2 Å². The van der Waals surface area contributed by atoms with Crippen LogP contribution in [0.2, 0.25) is 0 Å². The molecule has 2 aliphatic carbocycles. The molecule has 2 bridgehead atoms. The SMILES string of the molecule is CC(=O)Oc1ccc2c3c1O[C@H]1[C@@H](N(CC(C)C)C(=O)C=Cc4ccc(C(F)(F)F)cc4)CC[C@@]4(OC(C)=O)[C@@H](C2)N(CCc2ccccc2)CC[C@]314. The second-order valence-electron chi connectivity index (χ2n) is 15.2. The van der Waals surface area contributed by atoms with Gasteiger partial charge in [-0.05, 0) is 85.5 Å². The van der Waals surface area contributed by atoms with Crippen LogP contribution in [-0.4, -0.2) is 71.1 Å². The lowest BCUT2D eigenvalue weighted by molar-refractivity contribution is -0.224. The van der Waals surface area contributed by atoms with Crippen molar-refractivity contribution < 1.29 is 41.8 Å². The van der Waals surface area contributed by atoms with Gasteiger partial charge in [-0.1, -0.05) is 62.4 Å². The van der Waals surface area contributed by atoms with Crippen LogP contribution in [0.5, 0.6) is 11.5 Å². The Hall–Kier alpha value is -4.64. The quantitative estimate of drug-likeness (QED) is 0.124. The molecular formula is C42H45F3N2O6. The summed E-state index contributed by atoms with van der Waals surface area (Å²) in [5, 5.41) is 0. The first kappa shape index (κ1) is 36.7. The second kappa shape index (κ2) is 14.0. The maximum absolute atomic E-state index is 14.3. The van der Waals surface area contributed by atoms with Crippen molar-refractivity contribution in [2.24, 2.45) is 5.92 Å². The molecule has 1 saturated carbocycles. The fraction of sp³-hybridized carbons (Fsp3) is 0.452. The highest BCUT2D eigenvalue weighted by Crippen LogP contribution is 2.67. The minimum Gasteiger partial charge on any atom is -0.483 e. The Labute approximate surface area is 307 Å². The third-order valence-corrected chi connectivity index (χ3v) is 11.5. The minimum absolute atomic E-state index is 0.0750. The third-order valence-electron chi connectivity index (χ3n) is 11.5. The number of amides is 1. The topological polar surface area (TPSA) is 85.4 Å².